The first-order valence-electron chi connectivity index (χ1n) is 7.43. The molecule has 122 valence electrons. The largest absolute Gasteiger partial charge is 0.462 e. The van der Waals surface area contributed by atoms with E-state index in [2.05, 4.69) is 20.7 Å². The monoisotopic (exact) mass is 389 g/mol. The summed E-state index contributed by atoms with van der Waals surface area (Å²) in [5, 5.41) is 0. The third-order valence-electron chi connectivity index (χ3n) is 3.66. The first-order valence-corrected chi connectivity index (χ1v) is 9.70. The van der Waals surface area contributed by atoms with Gasteiger partial charge < -0.3 is 4.74 Å². The van der Waals surface area contributed by atoms with E-state index in [0.717, 1.165) is 32.1 Å². The van der Waals surface area contributed by atoms with E-state index in [1.807, 2.05) is 0 Å². The summed E-state index contributed by atoms with van der Waals surface area (Å²) in [4.78, 5) is 11.8. The molecule has 0 aliphatic heterocycles. The molecule has 0 heterocycles. The molecule has 1 fully saturated rings. The number of hydrogen-bond acceptors (Lipinski definition) is 4. The molecular formula is C15H20BrNO4S. The van der Waals surface area contributed by atoms with Gasteiger partial charge in [-0.25, -0.2) is 17.9 Å². The number of nitrogens with one attached hydrogen (secondary N) is 1. The topological polar surface area (TPSA) is 72.5 Å². The van der Waals surface area contributed by atoms with E-state index in [1.165, 1.54) is 18.2 Å². The van der Waals surface area contributed by atoms with Gasteiger partial charge in [-0.1, -0.05) is 19.3 Å². The molecule has 0 unspecified atom stereocenters. The van der Waals surface area contributed by atoms with E-state index in [4.69, 9.17) is 4.74 Å². The maximum atomic E-state index is 12.5. The van der Waals surface area contributed by atoms with Crippen molar-refractivity contribution in [2.24, 2.45) is 0 Å². The van der Waals surface area contributed by atoms with Crippen molar-refractivity contribution in [3.8, 4) is 0 Å². The summed E-state index contributed by atoms with van der Waals surface area (Å²) >= 11 is 3.24. The molecule has 0 atom stereocenters. The second-order valence-corrected chi connectivity index (χ2v) is 7.86. The second kappa shape index (κ2) is 7.57. The van der Waals surface area contributed by atoms with Crippen LogP contribution in [0.3, 0.4) is 0 Å². The van der Waals surface area contributed by atoms with Gasteiger partial charge in [-0.15, -0.1) is 0 Å². The van der Waals surface area contributed by atoms with Gasteiger partial charge in [0, 0.05) is 10.5 Å². The summed E-state index contributed by atoms with van der Waals surface area (Å²) in [5.74, 6) is -0.465. The Morgan fingerprint density at radius 2 is 2.00 bits per heavy atom. The molecule has 1 aromatic carbocycles. The van der Waals surface area contributed by atoms with E-state index in [9.17, 15) is 13.2 Å². The highest BCUT2D eigenvalue weighted by Crippen LogP contribution is 2.26. The smallest absolute Gasteiger partial charge is 0.338 e. The van der Waals surface area contributed by atoms with E-state index in [0.29, 0.717) is 10.0 Å². The fraction of sp³-hybridized carbons (Fsp3) is 0.533. The number of carbonyl (C=O) groups is 1. The van der Waals surface area contributed by atoms with Crippen LogP contribution < -0.4 is 4.72 Å². The molecular weight excluding hydrogens is 370 g/mol. The molecule has 22 heavy (non-hydrogen) atoms. The summed E-state index contributed by atoms with van der Waals surface area (Å²) in [7, 11) is -3.59. The average Bonchev–Trinajstić information content (AvgIpc) is 2.47. The highest BCUT2D eigenvalue weighted by molar-refractivity contribution is 9.10. The third-order valence-corrected chi connectivity index (χ3v) is 6.16. The minimum atomic E-state index is -3.59. The number of halogens is 1. The van der Waals surface area contributed by atoms with Crippen LogP contribution >= 0.6 is 15.9 Å². The zero-order valence-electron chi connectivity index (χ0n) is 12.5. The quantitative estimate of drug-likeness (QED) is 0.784. The molecule has 5 nitrogen and oxygen atoms in total. The molecule has 1 aliphatic rings. The van der Waals surface area contributed by atoms with Crippen LogP contribution in [0.5, 0.6) is 0 Å². The lowest BCUT2D eigenvalue weighted by Crippen LogP contribution is -2.36. The molecule has 1 aromatic rings. The Morgan fingerprint density at radius 3 is 2.59 bits per heavy atom. The van der Waals surface area contributed by atoms with Gasteiger partial charge in [0.1, 0.15) is 0 Å². The van der Waals surface area contributed by atoms with E-state index in [-0.39, 0.29) is 17.5 Å². The number of sulfonamides is 1. The Labute approximate surface area is 139 Å². The lowest BCUT2D eigenvalue weighted by atomic mass is 9.96. The van der Waals surface area contributed by atoms with Crippen molar-refractivity contribution >= 4 is 31.9 Å². The molecule has 1 aliphatic carbocycles. The van der Waals surface area contributed by atoms with Gasteiger partial charge in [0.2, 0.25) is 10.0 Å². The van der Waals surface area contributed by atoms with Gasteiger partial charge in [0.25, 0.3) is 0 Å². The lowest BCUT2D eigenvalue weighted by Gasteiger charge is -2.23. The van der Waals surface area contributed by atoms with Gasteiger partial charge >= 0.3 is 5.97 Å². The van der Waals surface area contributed by atoms with Crippen LogP contribution in [0.15, 0.2) is 27.6 Å². The molecule has 0 amide bonds. The predicted octanol–water partition coefficient (Wildman–Crippen LogP) is 3.24. The molecule has 7 heteroatoms. The maximum absolute atomic E-state index is 12.5. The molecule has 1 N–H and O–H groups in total. The van der Waals surface area contributed by atoms with Crippen molar-refractivity contribution in [3.05, 3.63) is 28.2 Å². The van der Waals surface area contributed by atoms with Crippen LogP contribution in [-0.4, -0.2) is 27.0 Å². The van der Waals surface area contributed by atoms with Gasteiger partial charge in [0.05, 0.1) is 17.1 Å². The zero-order chi connectivity index (χ0) is 16.2. The molecule has 0 saturated heterocycles. The highest BCUT2D eigenvalue weighted by Gasteiger charge is 2.24. The molecule has 1 saturated carbocycles. The summed E-state index contributed by atoms with van der Waals surface area (Å²) in [5.41, 5.74) is 0.324. The molecule has 2 rings (SSSR count). The van der Waals surface area contributed by atoms with Crippen LogP contribution in [-0.2, 0) is 14.8 Å². The minimum Gasteiger partial charge on any atom is -0.462 e. The van der Waals surface area contributed by atoms with Crippen LogP contribution in [0, 0.1) is 0 Å². The fourth-order valence-corrected chi connectivity index (χ4v) is 4.95. The number of rotatable bonds is 5. The fourth-order valence-electron chi connectivity index (χ4n) is 2.56. The Kier molecular flexibility index (Phi) is 6.00. The van der Waals surface area contributed by atoms with Gasteiger partial charge in [0.15, 0.2) is 0 Å². The van der Waals surface area contributed by atoms with Crippen LogP contribution in [0.4, 0.5) is 0 Å². The van der Waals surface area contributed by atoms with E-state index in [1.54, 1.807) is 6.92 Å². The highest BCUT2D eigenvalue weighted by atomic mass is 79.9. The molecule has 0 aromatic heterocycles. The van der Waals surface area contributed by atoms with Crippen molar-refractivity contribution in [1.29, 1.82) is 0 Å². The van der Waals surface area contributed by atoms with Crippen molar-refractivity contribution in [2.75, 3.05) is 6.61 Å². The average molecular weight is 390 g/mol. The normalized spacial score (nSPS) is 16.5. The minimum absolute atomic E-state index is 0.00427. The van der Waals surface area contributed by atoms with Crippen molar-refractivity contribution in [1.82, 2.24) is 4.72 Å². The standard InChI is InChI=1S/C15H20BrNO4S/c1-2-21-15(18)11-8-9-14(13(16)10-11)22(19,20)17-12-6-4-3-5-7-12/h8-10,12,17H,2-7H2,1H3. The van der Waals surface area contributed by atoms with Crippen molar-refractivity contribution in [3.63, 3.8) is 0 Å². The first kappa shape index (κ1) is 17.4. The van der Waals surface area contributed by atoms with Crippen LogP contribution in [0.25, 0.3) is 0 Å². The van der Waals surface area contributed by atoms with Crippen LogP contribution in [0.2, 0.25) is 0 Å². The van der Waals surface area contributed by atoms with Crippen molar-refractivity contribution in [2.45, 2.75) is 50.0 Å². The van der Waals surface area contributed by atoms with Crippen molar-refractivity contribution < 1.29 is 17.9 Å². The summed E-state index contributed by atoms with van der Waals surface area (Å²) < 4.78 is 33.0. The third kappa shape index (κ3) is 4.30. The Balaban J connectivity index is 2.18. The predicted molar refractivity (Wildman–Crippen MR) is 87.3 cm³/mol. The van der Waals surface area contributed by atoms with Gasteiger partial charge in [-0.3, -0.25) is 0 Å². The number of hydrogen-bond donors (Lipinski definition) is 1. The maximum Gasteiger partial charge on any atom is 0.338 e. The molecule has 0 radical (unpaired) electrons. The Hall–Kier alpha value is -0.920. The first-order chi connectivity index (χ1) is 10.4. The lowest BCUT2D eigenvalue weighted by molar-refractivity contribution is 0.0526. The SMILES string of the molecule is CCOC(=O)c1ccc(S(=O)(=O)NC2CCCCC2)c(Br)c1. The Morgan fingerprint density at radius 1 is 1.32 bits per heavy atom. The van der Waals surface area contributed by atoms with E-state index >= 15 is 0 Å². The van der Waals surface area contributed by atoms with E-state index < -0.39 is 16.0 Å². The Bertz CT molecular complexity index is 639. The summed E-state index contributed by atoms with van der Waals surface area (Å²) in [6.07, 6.45) is 5.01. The number of benzene rings is 1. The molecule has 0 spiro atoms. The van der Waals surface area contributed by atoms with Crippen LogP contribution in [0.1, 0.15) is 49.4 Å². The zero-order valence-corrected chi connectivity index (χ0v) is 14.9. The van der Waals surface area contributed by atoms with Gasteiger partial charge in [-0.2, -0.15) is 0 Å². The summed E-state index contributed by atoms with van der Waals surface area (Å²) in [6.45, 7) is 2.00. The number of esters is 1. The number of ether oxygens (including phenoxy) is 1. The molecule has 0 bridgehead atoms. The summed E-state index contributed by atoms with van der Waals surface area (Å²) in [6, 6.07) is 4.38. The number of carbonyl (C=O) groups excluding carboxylic acids is 1. The second-order valence-electron chi connectivity index (χ2n) is 5.32. The van der Waals surface area contributed by atoms with Gasteiger partial charge in [-0.05, 0) is 53.9 Å².